The first-order chi connectivity index (χ1) is 8.66. The first kappa shape index (κ1) is 12.5. The second kappa shape index (κ2) is 5.56. The molecule has 0 bridgehead atoms. The van der Waals surface area contributed by atoms with E-state index in [-0.39, 0.29) is 11.9 Å². The minimum Gasteiger partial charge on any atom is -0.479 e. The van der Waals surface area contributed by atoms with E-state index in [1.165, 1.54) is 0 Å². The van der Waals surface area contributed by atoms with Gasteiger partial charge >= 0.3 is 11.9 Å². The summed E-state index contributed by atoms with van der Waals surface area (Å²) >= 11 is 0. The first-order valence-electron chi connectivity index (χ1n) is 5.37. The summed E-state index contributed by atoms with van der Waals surface area (Å²) in [7, 11) is 0. The van der Waals surface area contributed by atoms with Gasteiger partial charge in [0.15, 0.2) is 6.61 Å². The molecule has 98 valence electrons. The first-order valence-corrected chi connectivity index (χ1v) is 5.37. The largest absolute Gasteiger partial charge is 0.479 e. The number of nitrogens with zero attached hydrogens (tertiary/aromatic N) is 2. The van der Waals surface area contributed by atoms with Crippen LogP contribution in [0.2, 0.25) is 0 Å². The number of carbonyl (C=O) groups is 2. The molecule has 0 spiro atoms. The highest BCUT2D eigenvalue weighted by atomic mass is 16.7. The molecule has 18 heavy (non-hydrogen) atoms. The zero-order valence-electron chi connectivity index (χ0n) is 9.38. The zero-order chi connectivity index (χ0) is 13.0. The normalized spacial score (nSPS) is 18.8. The summed E-state index contributed by atoms with van der Waals surface area (Å²) in [6, 6.07) is -0.0287. The third-order valence-electron chi connectivity index (χ3n) is 2.36. The molecule has 2 rings (SSSR count). The monoisotopic (exact) mass is 256 g/mol. The van der Waals surface area contributed by atoms with E-state index in [1.54, 1.807) is 0 Å². The molecule has 2 heterocycles. The molecule has 9 nitrogen and oxygen atoms in total. The van der Waals surface area contributed by atoms with Crippen molar-refractivity contribution in [2.45, 2.75) is 18.9 Å². The molecule has 1 saturated heterocycles. The summed E-state index contributed by atoms with van der Waals surface area (Å²) in [5.74, 6) is -1.79. The zero-order valence-corrected chi connectivity index (χ0v) is 9.38. The Morgan fingerprint density at radius 1 is 1.61 bits per heavy atom. The standard InChI is InChI=1S/C9H12N4O5/c14-6(15)4-17-13-8(16)7-11-9(18-12-7)5-2-1-3-10-5/h5,10H,1-4H2,(H,13,16)(H,14,15). The second-order valence-corrected chi connectivity index (χ2v) is 3.72. The molecule has 1 amide bonds. The van der Waals surface area contributed by atoms with Crippen LogP contribution in [0.4, 0.5) is 0 Å². The number of aliphatic carboxylic acids is 1. The van der Waals surface area contributed by atoms with Crippen LogP contribution < -0.4 is 10.8 Å². The SMILES string of the molecule is O=C(O)CONC(=O)c1noc(C2CCCN2)n1. The molecule has 1 fully saturated rings. The van der Waals surface area contributed by atoms with Crippen LogP contribution in [0.3, 0.4) is 0 Å². The van der Waals surface area contributed by atoms with Gasteiger partial charge in [-0.05, 0) is 19.4 Å². The maximum atomic E-state index is 11.4. The van der Waals surface area contributed by atoms with Crippen molar-refractivity contribution in [3.05, 3.63) is 11.7 Å². The van der Waals surface area contributed by atoms with E-state index in [1.807, 2.05) is 5.48 Å². The highest BCUT2D eigenvalue weighted by molar-refractivity contribution is 5.89. The summed E-state index contributed by atoms with van der Waals surface area (Å²) in [4.78, 5) is 29.9. The minimum absolute atomic E-state index is 0.0287. The van der Waals surface area contributed by atoms with E-state index in [0.717, 1.165) is 19.4 Å². The lowest BCUT2D eigenvalue weighted by molar-refractivity contribution is -0.144. The van der Waals surface area contributed by atoms with Gasteiger partial charge in [0, 0.05) is 0 Å². The number of aromatic nitrogens is 2. The van der Waals surface area contributed by atoms with Crippen molar-refractivity contribution in [1.29, 1.82) is 0 Å². The molecule has 1 aromatic rings. The number of carboxylic acids is 1. The molecular weight excluding hydrogens is 244 g/mol. The fraction of sp³-hybridized carbons (Fsp3) is 0.556. The summed E-state index contributed by atoms with van der Waals surface area (Å²) in [5, 5.41) is 14.9. The number of rotatable bonds is 5. The topological polar surface area (TPSA) is 127 Å². The van der Waals surface area contributed by atoms with Gasteiger partial charge in [-0.2, -0.15) is 4.98 Å². The smallest absolute Gasteiger partial charge is 0.332 e. The molecular formula is C9H12N4O5. The van der Waals surface area contributed by atoms with Crippen molar-refractivity contribution >= 4 is 11.9 Å². The summed E-state index contributed by atoms with van der Waals surface area (Å²) in [6.45, 7) is 0.233. The Balaban J connectivity index is 1.88. The van der Waals surface area contributed by atoms with Crippen molar-refractivity contribution in [2.75, 3.05) is 13.2 Å². The van der Waals surface area contributed by atoms with Gasteiger partial charge in [0.05, 0.1) is 6.04 Å². The summed E-state index contributed by atoms with van der Waals surface area (Å²) < 4.78 is 4.94. The molecule has 1 atom stereocenters. The van der Waals surface area contributed by atoms with Gasteiger partial charge in [-0.25, -0.2) is 10.3 Å². The summed E-state index contributed by atoms with van der Waals surface area (Å²) in [5.41, 5.74) is 1.91. The van der Waals surface area contributed by atoms with Crippen molar-refractivity contribution in [3.63, 3.8) is 0 Å². The maximum absolute atomic E-state index is 11.4. The number of carbonyl (C=O) groups excluding carboxylic acids is 1. The predicted molar refractivity (Wildman–Crippen MR) is 55.3 cm³/mol. The maximum Gasteiger partial charge on any atom is 0.332 e. The third kappa shape index (κ3) is 3.02. The fourth-order valence-corrected chi connectivity index (χ4v) is 1.57. The van der Waals surface area contributed by atoms with E-state index in [4.69, 9.17) is 9.63 Å². The van der Waals surface area contributed by atoms with Crippen molar-refractivity contribution in [2.24, 2.45) is 0 Å². The number of carboxylic acid groups (broad SMARTS) is 1. The van der Waals surface area contributed by atoms with E-state index in [0.29, 0.717) is 5.89 Å². The molecule has 0 aliphatic carbocycles. The average Bonchev–Trinajstić information content (AvgIpc) is 2.99. The number of hydrogen-bond donors (Lipinski definition) is 3. The van der Waals surface area contributed by atoms with E-state index in [2.05, 4.69) is 20.3 Å². The van der Waals surface area contributed by atoms with Crippen molar-refractivity contribution in [1.82, 2.24) is 20.9 Å². The van der Waals surface area contributed by atoms with Crippen LogP contribution in [0.25, 0.3) is 0 Å². The van der Waals surface area contributed by atoms with E-state index in [9.17, 15) is 9.59 Å². The number of hydrogen-bond acceptors (Lipinski definition) is 7. The lowest BCUT2D eigenvalue weighted by Gasteiger charge is -2.01. The number of nitrogens with one attached hydrogen (secondary N) is 2. The lowest BCUT2D eigenvalue weighted by atomic mass is 10.2. The quantitative estimate of drug-likeness (QED) is 0.587. The Labute approximate surface area is 101 Å². The van der Waals surface area contributed by atoms with Gasteiger partial charge in [0.2, 0.25) is 5.89 Å². The molecule has 1 aliphatic rings. The van der Waals surface area contributed by atoms with Gasteiger partial charge in [-0.15, -0.1) is 0 Å². The minimum atomic E-state index is -1.20. The van der Waals surface area contributed by atoms with Crippen LogP contribution in [0.1, 0.15) is 35.4 Å². The lowest BCUT2D eigenvalue weighted by Crippen LogP contribution is -2.27. The number of amides is 1. The highest BCUT2D eigenvalue weighted by Crippen LogP contribution is 2.20. The van der Waals surface area contributed by atoms with Gasteiger partial charge in [0.25, 0.3) is 5.82 Å². The van der Waals surface area contributed by atoms with Gasteiger partial charge < -0.3 is 14.9 Å². The Bertz CT molecular complexity index is 440. The van der Waals surface area contributed by atoms with Gasteiger partial charge in [-0.3, -0.25) is 9.63 Å². The van der Waals surface area contributed by atoms with Crippen LogP contribution in [0, 0.1) is 0 Å². The molecule has 9 heteroatoms. The van der Waals surface area contributed by atoms with Crippen LogP contribution >= 0.6 is 0 Å². The van der Waals surface area contributed by atoms with Crippen LogP contribution in [-0.4, -0.2) is 40.3 Å². The molecule has 0 saturated carbocycles. The van der Waals surface area contributed by atoms with Crippen LogP contribution in [-0.2, 0) is 9.63 Å². The molecule has 1 aliphatic heterocycles. The van der Waals surface area contributed by atoms with Crippen LogP contribution in [0.5, 0.6) is 0 Å². The molecule has 0 aromatic carbocycles. The van der Waals surface area contributed by atoms with Gasteiger partial charge in [-0.1, -0.05) is 5.16 Å². The Morgan fingerprint density at radius 2 is 2.44 bits per heavy atom. The number of hydroxylamine groups is 1. The molecule has 3 N–H and O–H groups in total. The van der Waals surface area contributed by atoms with Gasteiger partial charge in [0.1, 0.15) is 0 Å². The van der Waals surface area contributed by atoms with E-state index >= 15 is 0 Å². The molecule has 1 aromatic heterocycles. The molecule has 1 unspecified atom stereocenters. The van der Waals surface area contributed by atoms with Crippen molar-refractivity contribution in [3.8, 4) is 0 Å². The highest BCUT2D eigenvalue weighted by Gasteiger charge is 2.24. The molecule has 0 radical (unpaired) electrons. The third-order valence-corrected chi connectivity index (χ3v) is 2.36. The van der Waals surface area contributed by atoms with E-state index < -0.39 is 18.5 Å². The Kier molecular flexibility index (Phi) is 3.85. The Hall–Kier alpha value is -2.00. The predicted octanol–water partition coefficient (Wildman–Crippen LogP) is -0.760. The van der Waals surface area contributed by atoms with Crippen LogP contribution in [0.15, 0.2) is 4.52 Å². The average molecular weight is 256 g/mol. The van der Waals surface area contributed by atoms with Crippen molar-refractivity contribution < 1.29 is 24.1 Å². The second-order valence-electron chi connectivity index (χ2n) is 3.72. The fourth-order valence-electron chi connectivity index (χ4n) is 1.57. The Morgan fingerprint density at radius 3 is 3.11 bits per heavy atom. The summed E-state index contributed by atoms with van der Waals surface area (Å²) in [6.07, 6.45) is 1.88.